The molecule has 0 radical (unpaired) electrons. The van der Waals surface area contributed by atoms with Crippen molar-refractivity contribution in [2.45, 2.75) is 26.0 Å². The van der Waals surface area contributed by atoms with Crippen LogP contribution in [0.15, 0.2) is 72.8 Å². The molecule has 2 saturated heterocycles. The van der Waals surface area contributed by atoms with Crippen LogP contribution in [-0.4, -0.2) is 23.0 Å². The standard InChI is InChI=1S/C25H22N2O4/c1-15-12-13-19(16(2)14-15)26-24(29)21-22(18-10-6-7-11-20(18)28)27(31-23(21)25(26)30)17-8-4-3-5-9-17/h3-14,21-23,28H,1-2H3. The molecule has 0 bridgehead atoms. The highest BCUT2D eigenvalue weighted by molar-refractivity contribution is 6.24. The SMILES string of the molecule is Cc1ccc(N2C(=O)C3ON(c4ccccc4)C(c4ccccc4O)C3C2=O)c(C)c1. The molecule has 1 N–H and O–H groups in total. The molecule has 2 amide bonds. The van der Waals surface area contributed by atoms with Crippen molar-refractivity contribution >= 4 is 23.2 Å². The number of hydrogen-bond donors (Lipinski definition) is 1. The molecule has 0 spiro atoms. The van der Waals surface area contributed by atoms with Gasteiger partial charge >= 0.3 is 0 Å². The van der Waals surface area contributed by atoms with E-state index in [1.807, 2.05) is 56.3 Å². The summed E-state index contributed by atoms with van der Waals surface area (Å²) < 4.78 is 0. The molecule has 156 valence electrons. The molecule has 2 fully saturated rings. The monoisotopic (exact) mass is 414 g/mol. The van der Waals surface area contributed by atoms with Gasteiger partial charge in [-0.3, -0.25) is 14.4 Å². The minimum atomic E-state index is -0.960. The highest BCUT2D eigenvalue weighted by Gasteiger charge is 2.60. The Balaban J connectivity index is 1.61. The third-order valence-electron chi connectivity index (χ3n) is 5.97. The topological polar surface area (TPSA) is 70.1 Å². The van der Waals surface area contributed by atoms with Gasteiger partial charge in [0.15, 0.2) is 6.10 Å². The van der Waals surface area contributed by atoms with Gasteiger partial charge in [-0.25, -0.2) is 9.96 Å². The van der Waals surface area contributed by atoms with Crippen LogP contribution in [0.25, 0.3) is 0 Å². The Hall–Kier alpha value is -3.64. The summed E-state index contributed by atoms with van der Waals surface area (Å²) in [5.74, 6) is -1.43. The summed E-state index contributed by atoms with van der Waals surface area (Å²) in [6, 6.07) is 21.2. The number of phenolic OH excluding ortho intramolecular Hbond substituents is 1. The number of para-hydroxylation sites is 2. The number of aryl methyl sites for hydroxylation is 2. The summed E-state index contributed by atoms with van der Waals surface area (Å²) in [4.78, 5) is 34.3. The molecule has 0 aliphatic carbocycles. The molecule has 3 atom stereocenters. The predicted molar refractivity (Wildman–Crippen MR) is 117 cm³/mol. The van der Waals surface area contributed by atoms with Crippen molar-refractivity contribution in [3.8, 4) is 5.75 Å². The molecule has 5 rings (SSSR count). The molecule has 3 aromatic carbocycles. The van der Waals surface area contributed by atoms with Crippen LogP contribution in [0.2, 0.25) is 0 Å². The lowest BCUT2D eigenvalue weighted by Crippen LogP contribution is -2.37. The van der Waals surface area contributed by atoms with Crippen molar-refractivity contribution in [3.63, 3.8) is 0 Å². The summed E-state index contributed by atoms with van der Waals surface area (Å²) in [5.41, 5.74) is 3.73. The van der Waals surface area contributed by atoms with Gasteiger partial charge in [0, 0.05) is 5.56 Å². The van der Waals surface area contributed by atoms with Crippen LogP contribution in [0.4, 0.5) is 11.4 Å². The third-order valence-corrected chi connectivity index (χ3v) is 5.97. The first-order valence-electron chi connectivity index (χ1n) is 10.2. The van der Waals surface area contributed by atoms with E-state index < -0.39 is 18.1 Å². The molecule has 2 aliphatic rings. The van der Waals surface area contributed by atoms with Gasteiger partial charge < -0.3 is 5.11 Å². The van der Waals surface area contributed by atoms with Gasteiger partial charge in [0.2, 0.25) is 5.91 Å². The number of hydroxylamine groups is 1. The molecule has 6 heteroatoms. The lowest BCUT2D eigenvalue weighted by molar-refractivity contribution is -0.126. The van der Waals surface area contributed by atoms with Gasteiger partial charge in [-0.1, -0.05) is 54.1 Å². The number of nitrogens with zero attached hydrogens (tertiary/aromatic N) is 2. The lowest BCUT2D eigenvalue weighted by Gasteiger charge is -2.29. The zero-order valence-electron chi connectivity index (χ0n) is 17.2. The molecule has 2 heterocycles. The minimum absolute atomic E-state index is 0.0582. The van der Waals surface area contributed by atoms with Gasteiger partial charge in [0.05, 0.1) is 17.4 Å². The maximum Gasteiger partial charge on any atom is 0.266 e. The largest absolute Gasteiger partial charge is 0.508 e. The number of imide groups is 1. The number of benzene rings is 3. The fourth-order valence-corrected chi connectivity index (χ4v) is 4.56. The highest BCUT2D eigenvalue weighted by Crippen LogP contribution is 2.49. The Morgan fingerprint density at radius 2 is 1.58 bits per heavy atom. The van der Waals surface area contributed by atoms with Crippen LogP contribution in [0.5, 0.6) is 5.75 Å². The van der Waals surface area contributed by atoms with E-state index in [1.54, 1.807) is 35.4 Å². The average Bonchev–Trinajstić information content (AvgIpc) is 3.26. The molecule has 2 aliphatic heterocycles. The predicted octanol–water partition coefficient (Wildman–Crippen LogP) is 4.06. The fourth-order valence-electron chi connectivity index (χ4n) is 4.56. The number of rotatable bonds is 3. The van der Waals surface area contributed by atoms with Crippen LogP contribution in [0.1, 0.15) is 22.7 Å². The van der Waals surface area contributed by atoms with Gasteiger partial charge in [0.25, 0.3) is 5.91 Å². The molecule has 6 nitrogen and oxygen atoms in total. The summed E-state index contributed by atoms with van der Waals surface area (Å²) in [5, 5.41) is 12.2. The van der Waals surface area contributed by atoms with Crippen molar-refractivity contribution in [2.24, 2.45) is 5.92 Å². The number of carbonyl (C=O) groups is 2. The molecular formula is C25H22N2O4. The number of aromatic hydroxyl groups is 1. The molecule has 0 saturated carbocycles. The van der Waals surface area contributed by atoms with E-state index in [4.69, 9.17) is 4.84 Å². The van der Waals surface area contributed by atoms with Crippen LogP contribution in [0, 0.1) is 19.8 Å². The van der Waals surface area contributed by atoms with Crippen molar-refractivity contribution in [3.05, 3.63) is 89.5 Å². The van der Waals surface area contributed by atoms with Crippen molar-refractivity contribution in [2.75, 3.05) is 9.96 Å². The van der Waals surface area contributed by atoms with Crippen LogP contribution in [-0.2, 0) is 14.4 Å². The number of anilines is 2. The first kappa shape index (κ1) is 19.3. The molecule has 3 aromatic rings. The molecular weight excluding hydrogens is 392 g/mol. The molecule has 31 heavy (non-hydrogen) atoms. The summed E-state index contributed by atoms with van der Waals surface area (Å²) in [7, 11) is 0. The Labute approximate surface area is 180 Å². The smallest absolute Gasteiger partial charge is 0.266 e. The highest BCUT2D eigenvalue weighted by atomic mass is 16.7. The Kier molecular flexibility index (Phi) is 4.52. The zero-order valence-corrected chi connectivity index (χ0v) is 17.2. The summed E-state index contributed by atoms with van der Waals surface area (Å²) in [6.45, 7) is 3.85. The van der Waals surface area contributed by atoms with Gasteiger partial charge in [0.1, 0.15) is 11.7 Å². The van der Waals surface area contributed by atoms with Crippen molar-refractivity contribution in [1.82, 2.24) is 0 Å². The quantitative estimate of drug-likeness (QED) is 0.655. The minimum Gasteiger partial charge on any atom is -0.508 e. The molecule has 0 aromatic heterocycles. The number of fused-ring (bicyclic) bond motifs is 1. The first-order chi connectivity index (χ1) is 15.0. The summed E-state index contributed by atoms with van der Waals surface area (Å²) in [6.07, 6.45) is -0.960. The van der Waals surface area contributed by atoms with Gasteiger partial charge in [-0.2, -0.15) is 0 Å². The van der Waals surface area contributed by atoms with E-state index in [1.165, 1.54) is 4.90 Å². The molecule has 3 unspecified atom stereocenters. The zero-order chi connectivity index (χ0) is 21.7. The van der Waals surface area contributed by atoms with Crippen LogP contribution >= 0.6 is 0 Å². The second kappa shape index (κ2) is 7.25. The van der Waals surface area contributed by atoms with Gasteiger partial charge in [-0.15, -0.1) is 0 Å². The van der Waals surface area contributed by atoms with E-state index in [-0.39, 0.29) is 17.6 Å². The van der Waals surface area contributed by atoms with E-state index in [2.05, 4.69) is 0 Å². The van der Waals surface area contributed by atoms with E-state index in [9.17, 15) is 14.7 Å². The van der Waals surface area contributed by atoms with Crippen molar-refractivity contribution in [1.29, 1.82) is 0 Å². The fraction of sp³-hybridized carbons (Fsp3) is 0.200. The average molecular weight is 414 g/mol. The number of carbonyl (C=O) groups excluding carboxylic acids is 2. The number of amides is 2. The van der Waals surface area contributed by atoms with E-state index >= 15 is 0 Å². The number of hydrogen-bond acceptors (Lipinski definition) is 5. The van der Waals surface area contributed by atoms with Crippen molar-refractivity contribution < 1.29 is 19.5 Å². The summed E-state index contributed by atoms with van der Waals surface area (Å²) >= 11 is 0. The van der Waals surface area contributed by atoms with Gasteiger partial charge in [-0.05, 0) is 43.7 Å². The van der Waals surface area contributed by atoms with E-state index in [0.717, 1.165) is 11.1 Å². The normalized spacial score (nSPS) is 22.8. The Bertz CT molecular complexity index is 1180. The maximum absolute atomic E-state index is 13.6. The number of phenols is 1. The lowest BCUT2D eigenvalue weighted by atomic mass is 9.90. The maximum atomic E-state index is 13.6. The second-order valence-corrected chi connectivity index (χ2v) is 8.02. The van der Waals surface area contributed by atoms with Crippen LogP contribution < -0.4 is 9.96 Å². The Morgan fingerprint density at radius 1 is 0.871 bits per heavy atom. The first-order valence-corrected chi connectivity index (χ1v) is 10.2. The Morgan fingerprint density at radius 3 is 2.29 bits per heavy atom. The third kappa shape index (κ3) is 2.99. The van der Waals surface area contributed by atoms with Crippen LogP contribution in [0.3, 0.4) is 0 Å². The second-order valence-electron chi connectivity index (χ2n) is 8.02. The van der Waals surface area contributed by atoms with E-state index in [0.29, 0.717) is 16.9 Å².